The quantitative estimate of drug-likeness (QED) is 0.771. The van der Waals surface area contributed by atoms with Crippen molar-refractivity contribution in [3.8, 4) is 0 Å². The van der Waals surface area contributed by atoms with E-state index < -0.39 is 0 Å². The van der Waals surface area contributed by atoms with Crippen LogP contribution in [-0.4, -0.2) is 5.97 Å². The van der Waals surface area contributed by atoms with Crippen molar-refractivity contribution in [1.82, 2.24) is 0 Å². The minimum atomic E-state index is -0.343. The normalized spacial score (nSPS) is 10.8. The lowest BCUT2D eigenvalue weighted by Crippen LogP contribution is -2.15. The van der Waals surface area contributed by atoms with Gasteiger partial charge in [-0.25, -0.2) is 0 Å². The standard InChI is InChI=1S/C19H22O2/c1-12-8-6-9-13(2)17(12)19(21-16(5)20)18-14(3)10-7-11-15(18)4/h6-11,19H,1-5H3. The van der Waals surface area contributed by atoms with Crippen molar-refractivity contribution in [2.75, 3.05) is 0 Å². The van der Waals surface area contributed by atoms with Crippen molar-refractivity contribution >= 4 is 5.97 Å². The molecule has 2 aromatic rings. The Morgan fingerprint density at radius 1 is 0.810 bits per heavy atom. The Labute approximate surface area is 126 Å². The Hall–Kier alpha value is -2.09. The molecule has 0 saturated heterocycles. The maximum atomic E-state index is 11.6. The van der Waals surface area contributed by atoms with Crippen LogP contribution in [0.4, 0.5) is 0 Å². The van der Waals surface area contributed by atoms with Gasteiger partial charge in [-0.1, -0.05) is 36.4 Å². The SMILES string of the molecule is CC(=O)OC(c1c(C)cccc1C)c1c(C)cccc1C. The number of carbonyl (C=O) groups is 1. The molecule has 0 aromatic heterocycles. The fraction of sp³-hybridized carbons (Fsp3) is 0.316. The molecule has 0 amide bonds. The Bertz CT molecular complexity index is 579. The molecular weight excluding hydrogens is 260 g/mol. The molecule has 110 valence electrons. The number of esters is 1. The van der Waals surface area contributed by atoms with Gasteiger partial charge < -0.3 is 4.74 Å². The van der Waals surface area contributed by atoms with Crippen molar-refractivity contribution in [2.45, 2.75) is 40.7 Å². The number of rotatable bonds is 3. The molecule has 2 rings (SSSR count). The van der Waals surface area contributed by atoms with E-state index in [1.807, 2.05) is 12.1 Å². The first-order valence-electron chi connectivity index (χ1n) is 7.21. The summed E-state index contributed by atoms with van der Waals surface area (Å²) in [7, 11) is 0. The highest BCUT2D eigenvalue weighted by atomic mass is 16.5. The Balaban J connectivity index is 2.67. The summed E-state index contributed by atoms with van der Waals surface area (Å²) in [6.45, 7) is 9.71. The van der Waals surface area contributed by atoms with Gasteiger partial charge in [0.25, 0.3) is 0 Å². The summed E-state index contributed by atoms with van der Waals surface area (Å²) >= 11 is 0. The van der Waals surface area contributed by atoms with E-state index in [-0.39, 0.29) is 12.1 Å². The molecule has 2 heteroatoms. The molecule has 0 spiro atoms. The highest BCUT2D eigenvalue weighted by Gasteiger charge is 2.24. The zero-order valence-electron chi connectivity index (χ0n) is 13.4. The van der Waals surface area contributed by atoms with E-state index in [9.17, 15) is 4.79 Å². The lowest BCUT2D eigenvalue weighted by Gasteiger charge is -2.25. The lowest BCUT2D eigenvalue weighted by molar-refractivity contribution is -0.144. The maximum absolute atomic E-state index is 11.6. The molecule has 0 fully saturated rings. The molecule has 0 heterocycles. The molecule has 0 radical (unpaired) electrons. The van der Waals surface area contributed by atoms with Gasteiger partial charge in [0.2, 0.25) is 0 Å². The summed E-state index contributed by atoms with van der Waals surface area (Å²) in [6.07, 6.45) is -0.343. The van der Waals surface area contributed by atoms with Gasteiger partial charge in [-0.15, -0.1) is 0 Å². The Kier molecular flexibility index (Phi) is 4.46. The van der Waals surface area contributed by atoms with Gasteiger partial charge in [-0.3, -0.25) is 4.79 Å². The second-order valence-electron chi connectivity index (χ2n) is 5.60. The number of carbonyl (C=O) groups excluding carboxylic acids is 1. The average Bonchev–Trinajstić information content (AvgIpc) is 2.37. The van der Waals surface area contributed by atoms with Gasteiger partial charge in [-0.2, -0.15) is 0 Å². The predicted molar refractivity (Wildman–Crippen MR) is 85.4 cm³/mol. The number of hydrogen-bond acceptors (Lipinski definition) is 2. The minimum absolute atomic E-state index is 0.259. The lowest BCUT2D eigenvalue weighted by atomic mass is 9.89. The first-order valence-corrected chi connectivity index (χ1v) is 7.21. The fourth-order valence-corrected chi connectivity index (χ4v) is 2.91. The van der Waals surface area contributed by atoms with Gasteiger partial charge >= 0.3 is 5.97 Å². The molecule has 0 N–H and O–H groups in total. The van der Waals surface area contributed by atoms with Crippen molar-refractivity contribution in [3.05, 3.63) is 69.8 Å². The van der Waals surface area contributed by atoms with Crippen molar-refractivity contribution < 1.29 is 9.53 Å². The summed E-state index contributed by atoms with van der Waals surface area (Å²) < 4.78 is 5.71. The number of ether oxygens (including phenoxy) is 1. The molecule has 2 aromatic carbocycles. The summed E-state index contributed by atoms with van der Waals surface area (Å²) in [4.78, 5) is 11.6. The van der Waals surface area contributed by atoms with Crippen molar-refractivity contribution in [3.63, 3.8) is 0 Å². The topological polar surface area (TPSA) is 26.3 Å². The third-order valence-electron chi connectivity index (χ3n) is 3.89. The Morgan fingerprint density at radius 3 is 1.43 bits per heavy atom. The van der Waals surface area contributed by atoms with Crippen LogP contribution in [0.3, 0.4) is 0 Å². The summed E-state index contributed by atoms with van der Waals surface area (Å²) in [5, 5.41) is 0. The van der Waals surface area contributed by atoms with Crippen molar-refractivity contribution in [1.29, 1.82) is 0 Å². The minimum Gasteiger partial charge on any atom is -0.453 e. The maximum Gasteiger partial charge on any atom is 0.303 e. The molecule has 2 nitrogen and oxygen atoms in total. The van der Waals surface area contributed by atoms with Gasteiger partial charge in [-0.05, 0) is 49.9 Å². The van der Waals surface area contributed by atoms with E-state index in [1.54, 1.807) is 0 Å². The molecule has 0 aliphatic rings. The molecule has 0 bridgehead atoms. The van der Waals surface area contributed by atoms with E-state index in [0.717, 1.165) is 33.4 Å². The van der Waals surface area contributed by atoms with Crippen LogP contribution >= 0.6 is 0 Å². The molecule has 0 atom stereocenters. The van der Waals surface area contributed by atoms with Gasteiger partial charge in [0.1, 0.15) is 0 Å². The first-order chi connectivity index (χ1) is 9.91. The van der Waals surface area contributed by atoms with E-state index >= 15 is 0 Å². The molecule has 0 aliphatic heterocycles. The molecule has 0 saturated carbocycles. The van der Waals surface area contributed by atoms with Gasteiger partial charge in [0.05, 0.1) is 0 Å². The zero-order chi connectivity index (χ0) is 15.6. The number of aryl methyl sites for hydroxylation is 4. The highest BCUT2D eigenvalue weighted by molar-refractivity contribution is 5.67. The summed E-state index contributed by atoms with van der Waals surface area (Å²) in [5.41, 5.74) is 6.75. The fourth-order valence-electron chi connectivity index (χ4n) is 2.91. The molecular formula is C19H22O2. The van der Waals surface area contributed by atoms with E-state index in [2.05, 4.69) is 52.0 Å². The van der Waals surface area contributed by atoms with Crippen LogP contribution in [0.25, 0.3) is 0 Å². The van der Waals surface area contributed by atoms with E-state index in [4.69, 9.17) is 4.74 Å². The smallest absolute Gasteiger partial charge is 0.303 e. The van der Waals surface area contributed by atoms with Crippen LogP contribution in [0.2, 0.25) is 0 Å². The van der Waals surface area contributed by atoms with Crippen molar-refractivity contribution in [2.24, 2.45) is 0 Å². The van der Waals surface area contributed by atoms with Crippen LogP contribution < -0.4 is 0 Å². The average molecular weight is 282 g/mol. The van der Waals surface area contributed by atoms with Crippen LogP contribution in [0, 0.1) is 27.7 Å². The van der Waals surface area contributed by atoms with Crippen LogP contribution in [0.15, 0.2) is 36.4 Å². The second kappa shape index (κ2) is 6.13. The second-order valence-corrected chi connectivity index (χ2v) is 5.60. The third-order valence-corrected chi connectivity index (χ3v) is 3.89. The summed E-state index contributed by atoms with van der Waals surface area (Å²) in [6, 6.07) is 12.3. The third kappa shape index (κ3) is 3.15. The van der Waals surface area contributed by atoms with Crippen LogP contribution in [-0.2, 0) is 9.53 Å². The summed E-state index contributed by atoms with van der Waals surface area (Å²) in [5.74, 6) is -0.259. The highest BCUT2D eigenvalue weighted by Crippen LogP contribution is 2.34. The molecule has 21 heavy (non-hydrogen) atoms. The number of hydrogen-bond donors (Lipinski definition) is 0. The van der Waals surface area contributed by atoms with Crippen LogP contribution in [0.5, 0.6) is 0 Å². The zero-order valence-corrected chi connectivity index (χ0v) is 13.4. The molecule has 0 aliphatic carbocycles. The van der Waals surface area contributed by atoms with Gasteiger partial charge in [0, 0.05) is 18.1 Å². The van der Waals surface area contributed by atoms with Gasteiger partial charge in [0.15, 0.2) is 6.10 Å². The first kappa shape index (κ1) is 15.3. The monoisotopic (exact) mass is 282 g/mol. The number of benzene rings is 2. The van der Waals surface area contributed by atoms with E-state index in [0.29, 0.717) is 0 Å². The molecule has 0 unspecified atom stereocenters. The Morgan fingerprint density at radius 2 is 1.14 bits per heavy atom. The predicted octanol–water partition coefficient (Wildman–Crippen LogP) is 4.57. The van der Waals surface area contributed by atoms with E-state index in [1.165, 1.54) is 6.92 Å². The largest absolute Gasteiger partial charge is 0.453 e. The van der Waals surface area contributed by atoms with Crippen LogP contribution in [0.1, 0.15) is 46.4 Å².